The molecule has 4 rings (SSSR count). The van der Waals surface area contributed by atoms with E-state index < -0.39 is 18.2 Å². The van der Waals surface area contributed by atoms with Gasteiger partial charge in [-0.15, -0.1) is 0 Å². The van der Waals surface area contributed by atoms with Gasteiger partial charge in [-0.2, -0.15) is 0 Å². The third-order valence-corrected chi connectivity index (χ3v) is 5.87. The second-order valence-electron chi connectivity index (χ2n) is 7.94. The minimum absolute atomic E-state index is 0.00418. The maximum absolute atomic E-state index is 13.1. The van der Waals surface area contributed by atoms with E-state index in [1.54, 1.807) is 54.3 Å². The third kappa shape index (κ3) is 5.11. The number of urea groups is 1. The van der Waals surface area contributed by atoms with Crippen molar-refractivity contribution in [2.75, 3.05) is 42.0 Å². The van der Waals surface area contributed by atoms with Gasteiger partial charge in [0.15, 0.2) is 0 Å². The Labute approximate surface area is 196 Å². The standard InChI is InChI=1S/C23H25ClN4O5/c1-14-11-18(7-8-19(14)27-9-10-32-12-20(27)29)25-22(30)21-15(2)33-13-28(21)23(31)26-17-5-3-16(24)4-6-17/h3-8,11,15,21H,9-10,12-13H2,1-2H3,(H,25,30)(H,26,31)/t15-,21+/m0/s1. The van der Waals surface area contributed by atoms with Crippen LogP contribution >= 0.6 is 11.6 Å². The van der Waals surface area contributed by atoms with Gasteiger partial charge in [0.05, 0.1) is 12.7 Å². The first-order valence-corrected chi connectivity index (χ1v) is 11.0. The van der Waals surface area contributed by atoms with Crippen LogP contribution in [0.3, 0.4) is 0 Å². The van der Waals surface area contributed by atoms with Gasteiger partial charge in [0.25, 0.3) is 5.91 Å². The third-order valence-electron chi connectivity index (χ3n) is 5.62. The second-order valence-corrected chi connectivity index (χ2v) is 8.38. The average molecular weight is 473 g/mol. The lowest BCUT2D eigenvalue weighted by molar-refractivity contribution is -0.125. The first-order chi connectivity index (χ1) is 15.8. The summed E-state index contributed by atoms with van der Waals surface area (Å²) in [5.41, 5.74) is 2.75. The van der Waals surface area contributed by atoms with Gasteiger partial charge in [0.1, 0.15) is 19.4 Å². The molecule has 2 atom stereocenters. The molecule has 0 radical (unpaired) electrons. The summed E-state index contributed by atoms with van der Waals surface area (Å²) in [6.45, 7) is 4.65. The van der Waals surface area contributed by atoms with E-state index in [2.05, 4.69) is 10.6 Å². The quantitative estimate of drug-likeness (QED) is 0.711. The molecule has 33 heavy (non-hydrogen) atoms. The van der Waals surface area contributed by atoms with Crippen molar-refractivity contribution >= 4 is 46.5 Å². The van der Waals surface area contributed by atoms with Gasteiger partial charge in [0, 0.05) is 28.6 Å². The Hall–Kier alpha value is -3.14. The summed E-state index contributed by atoms with van der Waals surface area (Å²) in [4.78, 5) is 41.0. The Bertz CT molecular complexity index is 1060. The molecule has 0 spiro atoms. The maximum atomic E-state index is 13.1. The molecule has 2 saturated heterocycles. The van der Waals surface area contributed by atoms with E-state index in [4.69, 9.17) is 21.1 Å². The van der Waals surface area contributed by atoms with Crippen LogP contribution in [0.2, 0.25) is 5.02 Å². The van der Waals surface area contributed by atoms with Gasteiger partial charge in [0.2, 0.25) is 5.91 Å². The minimum atomic E-state index is -0.807. The van der Waals surface area contributed by atoms with Crippen LogP contribution in [-0.2, 0) is 19.1 Å². The lowest BCUT2D eigenvalue weighted by Crippen LogP contribution is -2.48. The average Bonchev–Trinajstić information content (AvgIpc) is 3.18. The molecule has 10 heteroatoms. The van der Waals surface area contributed by atoms with Crippen molar-refractivity contribution in [1.29, 1.82) is 0 Å². The van der Waals surface area contributed by atoms with Gasteiger partial charge in [-0.3, -0.25) is 14.5 Å². The van der Waals surface area contributed by atoms with Crippen molar-refractivity contribution < 1.29 is 23.9 Å². The number of carbonyl (C=O) groups is 3. The normalized spacial score (nSPS) is 20.6. The van der Waals surface area contributed by atoms with Crippen molar-refractivity contribution in [3.05, 3.63) is 53.1 Å². The molecule has 0 bridgehead atoms. The summed E-state index contributed by atoms with van der Waals surface area (Å²) in [6, 6.07) is 10.8. The van der Waals surface area contributed by atoms with Crippen LogP contribution in [0.4, 0.5) is 21.9 Å². The molecule has 2 aliphatic heterocycles. The monoisotopic (exact) mass is 472 g/mol. The van der Waals surface area contributed by atoms with Crippen molar-refractivity contribution in [2.24, 2.45) is 0 Å². The summed E-state index contributed by atoms with van der Waals surface area (Å²) in [5, 5.41) is 6.18. The zero-order valence-corrected chi connectivity index (χ0v) is 19.1. The molecule has 9 nitrogen and oxygen atoms in total. The first-order valence-electron chi connectivity index (χ1n) is 10.6. The van der Waals surface area contributed by atoms with Crippen LogP contribution < -0.4 is 15.5 Å². The molecule has 2 aromatic carbocycles. The SMILES string of the molecule is Cc1cc(NC(=O)[C@H]2[C@H](C)OCN2C(=O)Nc2ccc(Cl)cc2)ccc1N1CCOCC1=O. The topological polar surface area (TPSA) is 100 Å². The lowest BCUT2D eigenvalue weighted by Gasteiger charge is -2.28. The number of benzene rings is 2. The number of morpholine rings is 1. The number of nitrogens with one attached hydrogen (secondary N) is 2. The van der Waals surface area contributed by atoms with Crippen LogP contribution in [0, 0.1) is 6.92 Å². The van der Waals surface area contributed by atoms with Gasteiger partial charge >= 0.3 is 6.03 Å². The Kier molecular flexibility index (Phi) is 6.83. The van der Waals surface area contributed by atoms with E-state index in [0.29, 0.717) is 29.5 Å². The largest absolute Gasteiger partial charge is 0.370 e. The molecule has 2 aromatic rings. The van der Waals surface area contributed by atoms with Crippen LogP contribution in [0.1, 0.15) is 12.5 Å². The summed E-state index contributed by atoms with van der Waals surface area (Å²) in [5.74, 6) is -0.457. The zero-order valence-electron chi connectivity index (χ0n) is 18.3. The summed E-state index contributed by atoms with van der Waals surface area (Å²) in [7, 11) is 0. The van der Waals surface area contributed by atoms with Crippen LogP contribution in [0.5, 0.6) is 0 Å². The van der Waals surface area contributed by atoms with Crippen molar-refractivity contribution in [2.45, 2.75) is 26.0 Å². The van der Waals surface area contributed by atoms with E-state index in [9.17, 15) is 14.4 Å². The maximum Gasteiger partial charge on any atom is 0.324 e. The number of halogens is 1. The number of carbonyl (C=O) groups excluding carboxylic acids is 3. The van der Waals surface area contributed by atoms with E-state index in [-0.39, 0.29) is 25.2 Å². The molecule has 2 heterocycles. The molecule has 0 saturated carbocycles. The fourth-order valence-corrected chi connectivity index (χ4v) is 4.04. The summed E-state index contributed by atoms with van der Waals surface area (Å²) >= 11 is 5.89. The second kappa shape index (κ2) is 9.78. The van der Waals surface area contributed by atoms with E-state index in [1.165, 1.54) is 4.90 Å². The molecule has 0 aliphatic carbocycles. The van der Waals surface area contributed by atoms with Crippen molar-refractivity contribution in [3.63, 3.8) is 0 Å². The Morgan fingerprint density at radius 2 is 1.82 bits per heavy atom. The van der Waals surface area contributed by atoms with Crippen molar-refractivity contribution in [1.82, 2.24) is 4.90 Å². The number of ether oxygens (including phenoxy) is 2. The van der Waals surface area contributed by atoms with Gasteiger partial charge in [-0.25, -0.2) is 4.79 Å². The molecule has 2 aliphatic rings. The number of nitrogens with zero attached hydrogens (tertiary/aromatic N) is 2. The summed E-state index contributed by atoms with van der Waals surface area (Å²) in [6.07, 6.45) is -0.479. The van der Waals surface area contributed by atoms with Gasteiger partial charge < -0.3 is 25.0 Å². The highest BCUT2D eigenvalue weighted by atomic mass is 35.5. The van der Waals surface area contributed by atoms with Crippen LogP contribution in [0.15, 0.2) is 42.5 Å². The lowest BCUT2D eigenvalue weighted by atomic mass is 10.1. The predicted octanol–water partition coefficient (Wildman–Crippen LogP) is 3.23. The molecule has 4 amide bonds. The smallest absolute Gasteiger partial charge is 0.324 e. The number of hydrogen-bond donors (Lipinski definition) is 2. The highest BCUT2D eigenvalue weighted by Crippen LogP contribution is 2.26. The molecule has 2 N–H and O–H groups in total. The number of amides is 4. The fraction of sp³-hybridized carbons (Fsp3) is 0.348. The first kappa shape index (κ1) is 23.0. The number of hydrogen-bond acceptors (Lipinski definition) is 5. The Balaban J connectivity index is 1.44. The van der Waals surface area contributed by atoms with Gasteiger partial charge in [-0.05, 0) is 61.9 Å². The molecule has 174 valence electrons. The highest BCUT2D eigenvalue weighted by molar-refractivity contribution is 6.30. The van der Waals surface area contributed by atoms with Crippen LogP contribution in [0.25, 0.3) is 0 Å². The van der Waals surface area contributed by atoms with Gasteiger partial charge in [-0.1, -0.05) is 11.6 Å². The highest BCUT2D eigenvalue weighted by Gasteiger charge is 2.40. The van der Waals surface area contributed by atoms with E-state index >= 15 is 0 Å². The predicted molar refractivity (Wildman–Crippen MR) is 124 cm³/mol. The van der Waals surface area contributed by atoms with Crippen molar-refractivity contribution in [3.8, 4) is 0 Å². The number of aryl methyl sites for hydroxylation is 1. The Morgan fingerprint density at radius 1 is 1.09 bits per heavy atom. The minimum Gasteiger partial charge on any atom is -0.370 e. The Morgan fingerprint density at radius 3 is 2.52 bits per heavy atom. The number of anilines is 3. The van der Waals surface area contributed by atoms with E-state index in [0.717, 1.165) is 11.3 Å². The summed E-state index contributed by atoms with van der Waals surface area (Å²) < 4.78 is 10.8. The molecular weight excluding hydrogens is 448 g/mol. The molecule has 0 unspecified atom stereocenters. The molecular formula is C23H25ClN4O5. The van der Waals surface area contributed by atoms with E-state index in [1.807, 2.05) is 6.92 Å². The fourth-order valence-electron chi connectivity index (χ4n) is 3.92. The number of rotatable bonds is 4. The molecule has 0 aromatic heterocycles. The zero-order chi connectivity index (χ0) is 23.5. The molecule has 2 fully saturated rings. The van der Waals surface area contributed by atoms with Crippen LogP contribution in [-0.4, -0.2) is 61.4 Å².